The number of benzene rings is 1. The molecular weight excluding hydrogens is 197 g/mol. The molecule has 1 N–H and O–H groups in total. The Morgan fingerprint density at radius 3 is 2.79 bits per heavy atom. The van der Waals surface area contributed by atoms with Crippen LogP contribution >= 0.6 is 0 Å². The molecule has 0 saturated carbocycles. The standard InChI is InChI=1S/C7H5N3O3.Na/c11-7-8-5-2-1-4(10(12)13)3-6(5)9-7;/h1-3H,(H2,8,9,11);/q;+1/p-1. The number of H-pyrrole nitrogens is 1. The van der Waals surface area contributed by atoms with Crippen molar-refractivity contribution in [3.63, 3.8) is 0 Å². The Morgan fingerprint density at radius 1 is 1.43 bits per heavy atom. The minimum absolute atomic E-state index is 0. The molecule has 0 amide bonds. The van der Waals surface area contributed by atoms with Gasteiger partial charge in [0.15, 0.2) is 5.69 Å². The first-order valence-electron chi connectivity index (χ1n) is 3.48. The van der Waals surface area contributed by atoms with Crippen LogP contribution in [0.2, 0.25) is 0 Å². The molecule has 14 heavy (non-hydrogen) atoms. The zero-order valence-corrected chi connectivity index (χ0v) is 9.35. The number of nitro groups is 1. The van der Waals surface area contributed by atoms with Crippen molar-refractivity contribution in [3.05, 3.63) is 38.8 Å². The number of fused-ring (bicyclic) bond motifs is 1. The predicted molar refractivity (Wildman–Crippen MR) is 44.5 cm³/mol. The van der Waals surface area contributed by atoms with Gasteiger partial charge in [0.05, 0.1) is 4.92 Å². The number of imidazole rings is 1. The second-order valence-corrected chi connectivity index (χ2v) is 2.50. The Bertz CT molecular complexity index is 530. The molecule has 0 aliphatic heterocycles. The number of aromatic amines is 1. The van der Waals surface area contributed by atoms with E-state index in [2.05, 4.69) is 9.97 Å². The van der Waals surface area contributed by atoms with Crippen LogP contribution in [-0.2, 0) is 0 Å². The Hall–Kier alpha value is -1.11. The number of nitrogens with zero attached hydrogens (tertiary/aromatic N) is 2. The smallest absolute Gasteiger partial charge is 0.424 e. The van der Waals surface area contributed by atoms with Gasteiger partial charge in [-0.05, 0) is 11.0 Å². The van der Waals surface area contributed by atoms with Crippen molar-refractivity contribution in [1.29, 1.82) is 0 Å². The van der Waals surface area contributed by atoms with Gasteiger partial charge in [0, 0.05) is 12.1 Å². The zero-order valence-electron chi connectivity index (χ0n) is 7.35. The summed E-state index contributed by atoms with van der Waals surface area (Å²) in [5.74, 6) is 0. The van der Waals surface area contributed by atoms with Gasteiger partial charge in [-0.15, -0.1) is 0 Å². The summed E-state index contributed by atoms with van der Waals surface area (Å²) in [6.07, 6.45) is 0. The summed E-state index contributed by atoms with van der Waals surface area (Å²) in [5, 5.41) is 10.3. The van der Waals surface area contributed by atoms with E-state index < -0.39 is 10.6 Å². The zero-order chi connectivity index (χ0) is 9.42. The molecule has 2 aromatic rings. The number of hydrogen-bond donors (Lipinski definition) is 1. The Kier molecular flexibility index (Phi) is 3.10. The maximum atomic E-state index is 10.7. The van der Waals surface area contributed by atoms with Crippen LogP contribution in [0.1, 0.15) is 0 Å². The van der Waals surface area contributed by atoms with E-state index in [1.54, 1.807) is 0 Å². The third kappa shape index (κ3) is 1.87. The van der Waals surface area contributed by atoms with Gasteiger partial charge in [-0.3, -0.25) is 14.9 Å². The SMILES string of the molecule is O=c1[n-]c2cc([N+](=O)[O-])ccc2[nH]1.[Na+]. The molecule has 1 heterocycles. The average Bonchev–Trinajstić information content (AvgIpc) is 2.42. The number of nitrogens with one attached hydrogen (secondary N) is 1. The summed E-state index contributed by atoms with van der Waals surface area (Å²) in [6, 6.07) is 4.04. The van der Waals surface area contributed by atoms with Crippen molar-refractivity contribution in [3.8, 4) is 0 Å². The molecule has 0 saturated heterocycles. The van der Waals surface area contributed by atoms with Gasteiger partial charge < -0.3 is 9.97 Å². The molecule has 1 aromatic carbocycles. The molecule has 0 aliphatic rings. The molecule has 2 rings (SSSR count). The average molecular weight is 201 g/mol. The van der Waals surface area contributed by atoms with Crippen LogP contribution in [0.4, 0.5) is 5.69 Å². The molecule has 7 heteroatoms. The van der Waals surface area contributed by atoms with E-state index in [0.717, 1.165) is 0 Å². The van der Waals surface area contributed by atoms with E-state index in [9.17, 15) is 14.9 Å². The molecule has 0 radical (unpaired) electrons. The summed E-state index contributed by atoms with van der Waals surface area (Å²) in [7, 11) is 0. The number of aromatic nitrogens is 2. The van der Waals surface area contributed by atoms with E-state index in [1.165, 1.54) is 18.2 Å². The first kappa shape index (κ1) is 11.0. The Labute approximate surface area is 99.8 Å². The van der Waals surface area contributed by atoms with Crippen LogP contribution in [0.3, 0.4) is 0 Å². The van der Waals surface area contributed by atoms with Crippen LogP contribution in [0, 0.1) is 10.1 Å². The minimum Gasteiger partial charge on any atom is -0.424 e. The van der Waals surface area contributed by atoms with Crippen molar-refractivity contribution in [1.82, 2.24) is 9.97 Å². The maximum Gasteiger partial charge on any atom is 1.00 e. The molecule has 0 atom stereocenters. The van der Waals surface area contributed by atoms with E-state index >= 15 is 0 Å². The summed E-state index contributed by atoms with van der Waals surface area (Å²) < 4.78 is 0. The minimum atomic E-state index is -0.529. The van der Waals surface area contributed by atoms with Gasteiger partial charge in [0.2, 0.25) is 0 Å². The number of non-ortho nitro benzene ring substituents is 1. The first-order valence-corrected chi connectivity index (χ1v) is 3.48. The van der Waals surface area contributed by atoms with Crippen molar-refractivity contribution < 1.29 is 34.5 Å². The van der Waals surface area contributed by atoms with E-state index in [1.807, 2.05) is 0 Å². The largest absolute Gasteiger partial charge is 1.00 e. The third-order valence-corrected chi connectivity index (χ3v) is 1.66. The number of hydrogen-bond acceptors (Lipinski definition) is 3. The van der Waals surface area contributed by atoms with Gasteiger partial charge in [-0.1, -0.05) is 6.07 Å². The predicted octanol–water partition coefficient (Wildman–Crippen LogP) is -2.60. The summed E-state index contributed by atoms with van der Waals surface area (Å²) in [6.45, 7) is 0. The fourth-order valence-electron chi connectivity index (χ4n) is 1.08. The van der Waals surface area contributed by atoms with Gasteiger partial charge in [0.1, 0.15) is 0 Å². The molecule has 0 spiro atoms. The van der Waals surface area contributed by atoms with Crippen molar-refractivity contribution in [2.75, 3.05) is 0 Å². The summed E-state index contributed by atoms with van der Waals surface area (Å²) in [5.41, 5.74) is 0.268. The van der Waals surface area contributed by atoms with Gasteiger partial charge in [-0.2, -0.15) is 0 Å². The molecule has 66 valence electrons. The monoisotopic (exact) mass is 201 g/mol. The number of rotatable bonds is 1. The Balaban J connectivity index is 0.000000980. The van der Waals surface area contributed by atoms with Crippen molar-refractivity contribution in [2.24, 2.45) is 0 Å². The summed E-state index contributed by atoms with van der Waals surface area (Å²) >= 11 is 0. The summed E-state index contributed by atoms with van der Waals surface area (Å²) in [4.78, 5) is 26.5. The van der Waals surface area contributed by atoms with Gasteiger partial charge >= 0.3 is 29.6 Å². The van der Waals surface area contributed by atoms with Crippen LogP contribution in [0.15, 0.2) is 23.0 Å². The van der Waals surface area contributed by atoms with Crippen LogP contribution < -0.4 is 40.2 Å². The second-order valence-electron chi connectivity index (χ2n) is 2.50. The fourth-order valence-corrected chi connectivity index (χ4v) is 1.08. The number of nitro benzene ring substituents is 1. The van der Waals surface area contributed by atoms with Crippen LogP contribution in [-0.4, -0.2) is 9.91 Å². The van der Waals surface area contributed by atoms with E-state index in [0.29, 0.717) is 11.0 Å². The molecule has 6 nitrogen and oxygen atoms in total. The molecule has 0 aliphatic carbocycles. The molecule has 0 fully saturated rings. The third-order valence-electron chi connectivity index (χ3n) is 1.66. The topological polar surface area (TPSA) is 90.1 Å². The van der Waals surface area contributed by atoms with Crippen molar-refractivity contribution >= 4 is 16.7 Å². The normalized spacial score (nSPS) is 9.71. The van der Waals surface area contributed by atoms with Crippen molar-refractivity contribution in [2.45, 2.75) is 0 Å². The quantitative estimate of drug-likeness (QED) is 0.311. The Morgan fingerprint density at radius 2 is 2.14 bits per heavy atom. The van der Waals surface area contributed by atoms with Gasteiger partial charge in [0.25, 0.3) is 5.69 Å². The van der Waals surface area contributed by atoms with E-state index in [4.69, 9.17) is 0 Å². The second kappa shape index (κ2) is 3.95. The van der Waals surface area contributed by atoms with Gasteiger partial charge in [-0.25, -0.2) is 0 Å². The maximum absolute atomic E-state index is 10.7. The first-order chi connectivity index (χ1) is 6.16. The molecule has 0 bridgehead atoms. The molecular formula is C7H4N3NaO3. The fraction of sp³-hybridized carbons (Fsp3) is 0. The molecule has 0 unspecified atom stereocenters. The van der Waals surface area contributed by atoms with E-state index in [-0.39, 0.29) is 35.2 Å². The van der Waals surface area contributed by atoms with Crippen LogP contribution in [0.5, 0.6) is 0 Å². The molecule has 1 aromatic heterocycles. The van der Waals surface area contributed by atoms with Crippen LogP contribution in [0.25, 0.3) is 11.0 Å².